The first kappa shape index (κ1) is 15.5. The van der Waals surface area contributed by atoms with Gasteiger partial charge in [0.05, 0.1) is 6.04 Å². The summed E-state index contributed by atoms with van der Waals surface area (Å²) in [4.78, 5) is 0. The van der Waals surface area contributed by atoms with Crippen LogP contribution in [0, 0.1) is 26.6 Å². The van der Waals surface area contributed by atoms with Crippen LogP contribution < -0.4 is 10.1 Å². The zero-order valence-electron chi connectivity index (χ0n) is 13.0. The monoisotopic (exact) mass is 287 g/mol. The Hall–Kier alpha value is -1.87. The number of ether oxygens (including phenoxy) is 1. The summed E-state index contributed by atoms with van der Waals surface area (Å²) in [6, 6.07) is 11.6. The molecule has 0 aromatic heterocycles. The van der Waals surface area contributed by atoms with Crippen LogP contribution in [0.2, 0.25) is 0 Å². The molecule has 2 aromatic rings. The molecule has 2 aromatic carbocycles. The minimum atomic E-state index is -0.285. The zero-order chi connectivity index (χ0) is 15.4. The van der Waals surface area contributed by atoms with Crippen molar-refractivity contribution in [3.05, 3.63) is 64.5 Å². The Balaban J connectivity index is 2.12. The highest BCUT2D eigenvalue weighted by atomic mass is 19.1. The van der Waals surface area contributed by atoms with Crippen LogP contribution in [0.25, 0.3) is 0 Å². The topological polar surface area (TPSA) is 21.3 Å². The molecular formula is C18H22FNO. The number of benzene rings is 2. The summed E-state index contributed by atoms with van der Waals surface area (Å²) < 4.78 is 19.6. The van der Waals surface area contributed by atoms with E-state index >= 15 is 0 Å². The third-order valence-corrected chi connectivity index (χ3v) is 3.84. The molecule has 0 radical (unpaired) electrons. The number of halogens is 1. The van der Waals surface area contributed by atoms with E-state index < -0.39 is 0 Å². The predicted octanol–water partition coefficient (Wildman–Crippen LogP) is 4.09. The summed E-state index contributed by atoms with van der Waals surface area (Å²) in [5.41, 5.74) is 4.25. The molecule has 2 rings (SSSR count). The van der Waals surface area contributed by atoms with Crippen molar-refractivity contribution in [1.82, 2.24) is 5.32 Å². The fourth-order valence-electron chi connectivity index (χ4n) is 2.23. The van der Waals surface area contributed by atoms with Crippen molar-refractivity contribution in [2.75, 3.05) is 13.7 Å². The SMILES string of the molecule is CNC(COc1cccc(C)c1F)c1ccc(C)c(C)c1. The Morgan fingerprint density at radius 3 is 2.48 bits per heavy atom. The molecule has 1 unspecified atom stereocenters. The number of rotatable bonds is 5. The van der Waals surface area contributed by atoms with Crippen LogP contribution >= 0.6 is 0 Å². The lowest BCUT2D eigenvalue weighted by Gasteiger charge is -2.19. The molecule has 0 saturated heterocycles. The lowest BCUT2D eigenvalue weighted by Crippen LogP contribution is -2.23. The smallest absolute Gasteiger partial charge is 0.167 e. The number of hydrogen-bond acceptors (Lipinski definition) is 2. The second kappa shape index (κ2) is 6.72. The van der Waals surface area contributed by atoms with Gasteiger partial charge in [-0.3, -0.25) is 0 Å². The molecule has 0 spiro atoms. The van der Waals surface area contributed by atoms with Gasteiger partial charge in [0.25, 0.3) is 0 Å². The van der Waals surface area contributed by atoms with E-state index in [1.54, 1.807) is 25.1 Å². The van der Waals surface area contributed by atoms with Gasteiger partial charge in [-0.1, -0.05) is 30.3 Å². The minimum absolute atomic E-state index is 0.0317. The summed E-state index contributed by atoms with van der Waals surface area (Å²) in [6.45, 7) is 6.30. The van der Waals surface area contributed by atoms with Crippen molar-refractivity contribution >= 4 is 0 Å². The molecule has 2 nitrogen and oxygen atoms in total. The Kier molecular flexibility index (Phi) is 4.97. The van der Waals surface area contributed by atoms with Crippen molar-refractivity contribution in [2.24, 2.45) is 0 Å². The van der Waals surface area contributed by atoms with Crippen LogP contribution in [0.15, 0.2) is 36.4 Å². The highest BCUT2D eigenvalue weighted by Crippen LogP contribution is 2.22. The number of likely N-dealkylation sites (N-methyl/N-ethyl adjacent to an activating group) is 1. The number of aryl methyl sites for hydroxylation is 3. The Morgan fingerprint density at radius 2 is 1.81 bits per heavy atom. The summed E-state index contributed by atoms with van der Waals surface area (Å²) in [6.07, 6.45) is 0. The average molecular weight is 287 g/mol. The van der Waals surface area contributed by atoms with E-state index in [9.17, 15) is 4.39 Å². The first-order valence-corrected chi connectivity index (χ1v) is 7.15. The summed E-state index contributed by atoms with van der Waals surface area (Å²) in [5, 5.41) is 3.22. The van der Waals surface area contributed by atoms with E-state index in [1.165, 1.54) is 11.1 Å². The largest absolute Gasteiger partial charge is 0.489 e. The highest BCUT2D eigenvalue weighted by molar-refractivity contribution is 5.33. The van der Waals surface area contributed by atoms with Gasteiger partial charge < -0.3 is 10.1 Å². The van der Waals surface area contributed by atoms with Gasteiger partial charge in [0.15, 0.2) is 11.6 Å². The van der Waals surface area contributed by atoms with Crippen molar-refractivity contribution in [2.45, 2.75) is 26.8 Å². The summed E-state index contributed by atoms with van der Waals surface area (Å²) >= 11 is 0. The first-order valence-electron chi connectivity index (χ1n) is 7.15. The molecule has 0 aliphatic rings. The lowest BCUT2D eigenvalue weighted by atomic mass is 10.0. The first-order chi connectivity index (χ1) is 10.0. The Bertz CT molecular complexity index is 625. The van der Waals surface area contributed by atoms with Crippen molar-refractivity contribution in [3.8, 4) is 5.75 Å². The van der Waals surface area contributed by atoms with Gasteiger partial charge >= 0.3 is 0 Å². The van der Waals surface area contributed by atoms with Crippen LogP contribution in [-0.4, -0.2) is 13.7 Å². The molecule has 1 atom stereocenters. The summed E-state index contributed by atoms with van der Waals surface area (Å²) in [7, 11) is 1.88. The molecular weight excluding hydrogens is 265 g/mol. The Morgan fingerprint density at radius 1 is 1.05 bits per heavy atom. The fraction of sp³-hybridized carbons (Fsp3) is 0.333. The van der Waals surface area contributed by atoms with Crippen LogP contribution in [0.1, 0.15) is 28.3 Å². The van der Waals surface area contributed by atoms with Crippen molar-refractivity contribution in [3.63, 3.8) is 0 Å². The van der Waals surface area contributed by atoms with E-state index in [4.69, 9.17) is 4.74 Å². The molecule has 21 heavy (non-hydrogen) atoms. The Labute approximate surface area is 126 Å². The van der Waals surface area contributed by atoms with E-state index in [2.05, 4.69) is 37.4 Å². The predicted molar refractivity (Wildman–Crippen MR) is 84.3 cm³/mol. The molecule has 0 aliphatic carbocycles. The van der Waals surface area contributed by atoms with Gasteiger partial charge in [-0.05, 0) is 56.1 Å². The third-order valence-electron chi connectivity index (χ3n) is 3.84. The second-order valence-electron chi connectivity index (χ2n) is 5.38. The van der Waals surface area contributed by atoms with E-state index in [-0.39, 0.29) is 11.9 Å². The van der Waals surface area contributed by atoms with Crippen LogP contribution in [0.5, 0.6) is 5.75 Å². The van der Waals surface area contributed by atoms with Crippen LogP contribution in [0.4, 0.5) is 4.39 Å². The van der Waals surface area contributed by atoms with Gasteiger partial charge in [0, 0.05) is 0 Å². The molecule has 1 N–H and O–H groups in total. The zero-order valence-corrected chi connectivity index (χ0v) is 13.0. The second-order valence-corrected chi connectivity index (χ2v) is 5.38. The van der Waals surface area contributed by atoms with E-state index in [0.717, 1.165) is 5.56 Å². The van der Waals surface area contributed by atoms with Crippen LogP contribution in [-0.2, 0) is 0 Å². The van der Waals surface area contributed by atoms with Crippen molar-refractivity contribution < 1.29 is 9.13 Å². The molecule has 0 heterocycles. The maximum absolute atomic E-state index is 13.9. The lowest BCUT2D eigenvalue weighted by molar-refractivity contribution is 0.261. The van der Waals surface area contributed by atoms with Gasteiger partial charge in [-0.15, -0.1) is 0 Å². The molecule has 3 heteroatoms. The molecule has 0 fully saturated rings. The van der Waals surface area contributed by atoms with Crippen molar-refractivity contribution in [1.29, 1.82) is 0 Å². The maximum atomic E-state index is 13.9. The summed E-state index contributed by atoms with van der Waals surface area (Å²) in [5.74, 6) is 0.0199. The van der Waals surface area contributed by atoms with Crippen LogP contribution in [0.3, 0.4) is 0 Å². The third kappa shape index (κ3) is 3.61. The molecule has 112 valence electrons. The van der Waals surface area contributed by atoms with E-state index in [0.29, 0.717) is 17.9 Å². The maximum Gasteiger partial charge on any atom is 0.167 e. The molecule has 0 amide bonds. The quantitative estimate of drug-likeness (QED) is 0.894. The molecule has 0 bridgehead atoms. The average Bonchev–Trinajstić information content (AvgIpc) is 2.47. The molecule has 0 aliphatic heterocycles. The van der Waals surface area contributed by atoms with Gasteiger partial charge in [-0.2, -0.15) is 0 Å². The number of hydrogen-bond donors (Lipinski definition) is 1. The highest BCUT2D eigenvalue weighted by Gasteiger charge is 2.13. The normalized spacial score (nSPS) is 12.2. The fourth-order valence-corrected chi connectivity index (χ4v) is 2.23. The van der Waals surface area contributed by atoms with E-state index in [1.807, 2.05) is 7.05 Å². The standard InChI is InChI=1S/C18H22FNO/c1-12-8-9-15(10-14(12)3)16(20-4)11-21-17-7-5-6-13(2)18(17)19/h5-10,16,20H,11H2,1-4H3. The molecule has 0 saturated carbocycles. The van der Waals surface area contributed by atoms with Gasteiger partial charge in [0.2, 0.25) is 0 Å². The minimum Gasteiger partial charge on any atom is -0.489 e. The van der Waals surface area contributed by atoms with Gasteiger partial charge in [-0.25, -0.2) is 4.39 Å². The van der Waals surface area contributed by atoms with Gasteiger partial charge in [0.1, 0.15) is 6.61 Å². The number of nitrogens with one attached hydrogen (secondary N) is 1.